The van der Waals surface area contributed by atoms with Crippen molar-refractivity contribution in [1.82, 2.24) is 9.29 Å². The van der Waals surface area contributed by atoms with E-state index in [-0.39, 0.29) is 17.6 Å². The van der Waals surface area contributed by atoms with Crippen LogP contribution < -0.4 is 4.72 Å². The fourth-order valence-corrected chi connectivity index (χ4v) is 4.07. The second-order valence-electron chi connectivity index (χ2n) is 6.04. The molecule has 0 radical (unpaired) electrons. The van der Waals surface area contributed by atoms with Crippen molar-refractivity contribution in [3.05, 3.63) is 71.2 Å². The molecule has 3 aromatic rings. The van der Waals surface area contributed by atoms with Crippen molar-refractivity contribution in [3.8, 4) is 0 Å². The molecule has 1 atom stereocenters. The smallest absolute Gasteiger partial charge is 0.160 e. The third-order valence-corrected chi connectivity index (χ3v) is 5.23. The standard InChI is InChI=1S/C19H16FN3OS/c1-11(24)15-10-16-18(17-14(15)4-3-9-21-17)22-25-23(2)19(16)12-5-7-13(20)8-6-12/h3-10,19,22H,1-2H3. The molecule has 1 N–H and O–H groups in total. The third kappa shape index (κ3) is 2.67. The molecule has 0 saturated carbocycles. The number of carbonyl (C=O) groups is 1. The first kappa shape index (κ1) is 16.1. The molecule has 0 fully saturated rings. The van der Waals surface area contributed by atoms with Gasteiger partial charge in [0, 0.05) is 41.9 Å². The summed E-state index contributed by atoms with van der Waals surface area (Å²) in [5.74, 6) is -0.266. The summed E-state index contributed by atoms with van der Waals surface area (Å²) in [5.41, 5.74) is 4.25. The summed E-state index contributed by atoms with van der Waals surface area (Å²) in [4.78, 5) is 16.7. The van der Waals surface area contributed by atoms with E-state index in [0.29, 0.717) is 5.56 Å². The zero-order valence-corrected chi connectivity index (χ0v) is 14.6. The lowest BCUT2D eigenvalue weighted by molar-refractivity contribution is 0.101. The molecule has 1 aliphatic rings. The van der Waals surface area contributed by atoms with Crippen LogP contribution in [0.15, 0.2) is 48.7 Å². The molecule has 1 aliphatic heterocycles. The van der Waals surface area contributed by atoms with Crippen molar-refractivity contribution in [2.75, 3.05) is 11.8 Å². The van der Waals surface area contributed by atoms with E-state index in [2.05, 4.69) is 9.71 Å². The Morgan fingerprint density at radius 3 is 2.76 bits per heavy atom. The zero-order chi connectivity index (χ0) is 17.6. The SMILES string of the molecule is CC(=O)c1cc2c(c3ncccc13)NSN(C)C2c1ccc(F)cc1. The Morgan fingerprint density at radius 1 is 1.28 bits per heavy atom. The Labute approximate surface area is 149 Å². The second-order valence-corrected chi connectivity index (χ2v) is 7.00. The highest BCUT2D eigenvalue weighted by molar-refractivity contribution is 7.98. The second kappa shape index (κ2) is 6.13. The van der Waals surface area contributed by atoms with Crippen LogP contribution in [0.3, 0.4) is 0 Å². The molecule has 0 saturated heterocycles. The number of nitrogens with zero attached hydrogens (tertiary/aromatic N) is 2. The third-order valence-electron chi connectivity index (χ3n) is 4.44. The minimum atomic E-state index is -0.266. The molecule has 1 unspecified atom stereocenters. The summed E-state index contributed by atoms with van der Waals surface area (Å²) < 4.78 is 18.7. The minimum Gasteiger partial charge on any atom is -0.314 e. The average molecular weight is 353 g/mol. The van der Waals surface area contributed by atoms with E-state index in [1.807, 2.05) is 29.6 Å². The van der Waals surface area contributed by atoms with E-state index in [4.69, 9.17) is 0 Å². The van der Waals surface area contributed by atoms with Gasteiger partial charge in [0.15, 0.2) is 5.78 Å². The van der Waals surface area contributed by atoms with Crippen molar-refractivity contribution >= 4 is 34.5 Å². The lowest BCUT2D eigenvalue weighted by Gasteiger charge is -2.35. The Kier molecular flexibility index (Phi) is 3.94. The van der Waals surface area contributed by atoms with Gasteiger partial charge in [0.05, 0.1) is 17.2 Å². The van der Waals surface area contributed by atoms with E-state index >= 15 is 0 Å². The van der Waals surface area contributed by atoms with Crippen LogP contribution in [0.25, 0.3) is 10.9 Å². The van der Waals surface area contributed by atoms with Gasteiger partial charge in [-0.25, -0.2) is 8.70 Å². The predicted molar refractivity (Wildman–Crippen MR) is 99.0 cm³/mol. The van der Waals surface area contributed by atoms with Crippen LogP contribution in [0.1, 0.15) is 34.5 Å². The molecule has 6 heteroatoms. The van der Waals surface area contributed by atoms with Crippen LogP contribution in [0.2, 0.25) is 0 Å². The fraction of sp³-hybridized carbons (Fsp3) is 0.158. The normalized spacial score (nSPS) is 17.2. The first-order valence-corrected chi connectivity index (χ1v) is 8.67. The summed E-state index contributed by atoms with van der Waals surface area (Å²) in [7, 11) is 1.96. The van der Waals surface area contributed by atoms with Gasteiger partial charge in [-0.05, 0) is 36.8 Å². The molecule has 0 aliphatic carbocycles. The predicted octanol–water partition coefficient (Wildman–Crippen LogP) is 4.59. The fourth-order valence-electron chi connectivity index (χ4n) is 3.28. The lowest BCUT2D eigenvalue weighted by atomic mass is 9.92. The molecule has 4 nitrogen and oxygen atoms in total. The van der Waals surface area contributed by atoms with Gasteiger partial charge in [0.2, 0.25) is 0 Å². The maximum Gasteiger partial charge on any atom is 0.160 e. The number of carbonyl (C=O) groups excluding carboxylic acids is 1. The van der Waals surface area contributed by atoms with Crippen LogP contribution in [-0.4, -0.2) is 22.1 Å². The number of aromatic nitrogens is 1. The van der Waals surface area contributed by atoms with Gasteiger partial charge in [-0.15, -0.1) is 0 Å². The van der Waals surface area contributed by atoms with Gasteiger partial charge < -0.3 is 4.72 Å². The molecular weight excluding hydrogens is 337 g/mol. The molecule has 2 aromatic carbocycles. The molecule has 126 valence electrons. The maximum atomic E-state index is 13.3. The van der Waals surface area contributed by atoms with Crippen molar-refractivity contribution in [1.29, 1.82) is 0 Å². The number of anilines is 1. The molecule has 0 bridgehead atoms. The molecule has 25 heavy (non-hydrogen) atoms. The average Bonchev–Trinajstić information content (AvgIpc) is 2.61. The van der Waals surface area contributed by atoms with Crippen molar-refractivity contribution in [2.24, 2.45) is 0 Å². The number of ketones is 1. The summed E-state index contributed by atoms with van der Waals surface area (Å²) in [6, 6.07) is 12.0. The maximum absolute atomic E-state index is 13.3. The van der Waals surface area contributed by atoms with E-state index in [1.54, 1.807) is 25.3 Å². The number of pyridine rings is 1. The highest BCUT2D eigenvalue weighted by Crippen LogP contribution is 2.45. The molecule has 4 rings (SSSR count). The number of halogens is 1. The van der Waals surface area contributed by atoms with E-state index in [1.165, 1.54) is 24.3 Å². The monoisotopic (exact) mass is 353 g/mol. The van der Waals surface area contributed by atoms with Crippen LogP contribution in [0, 0.1) is 5.82 Å². The van der Waals surface area contributed by atoms with Crippen molar-refractivity contribution < 1.29 is 9.18 Å². The first-order valence-electron chi connectivity index (χ1n) is 7.90. The summed E-state index contributed by atoms with van der Waals surface area (Å²) in [6.07, 6.45) is 1.73. The van der Waals surface area contributed by atoms with Crippen LogP contribution in [0.5, 0.6) is 0 Å². The highest BCUT2D eigenvalue weighted by Gasteiger charge is 2.30. The van der Waals surface area contributed by atoms with Gasteiger partial charge in [0.1, 0.15) is 5.82 Å². The van der Waals surface area contributed by atoms with Crippen LogP contribution in [0.4, 0.5) is 10.1 Å². The van der Waals surface area contributed by atoms with Crippen LogP contribution >= 0.6 is 12.1 Å². The number of rotatable bonds is 2. The summed E-state index contributed by atoms with van der Waals surface area (Å²) in [5, 5.41) is 0.837. The van der Waals surface area contributed by atoms with Gasteiger partial charge in [-0.2, -0.15) is 0 Å². The number of Topliss-reactive ketones (excluding diaryl/α,β-unsaturated/α-hetero) is 1. The molecular formula is C19H16FN3OS. The summed E-state index contributed by atoms with van der Waals surface area (Å²) in [6.45, 7) is 1.57. The van der Waals surface area contributed by atoms with Gasteiger partial charge in [-0.3, -0.25) is 9.78 Å². The number of hydrogen-bond acceptors (Lipinski definition) is 5. The Bertz CT molecular complexity index is 974. The van der Waals surface area contributed by atoms with Crippen molar-refractivity contribution in [2.45, 2.75) is 13.0 Å². The Balaban J connectivity index is 2.00. The number of hydrogen-bond donors (Lipinski definition) is 1. The number of benzene rings is 2. The number of nitrogens with one attached hydrogen (secondary N) is 1. The van der Waals surface area contributed by atoms with Crippen LogP contribution in [-0.2, 0) is 0 Å². The van der Waals surface area contributed by atoms with E-state index in [9.17, 15) is 9.18 Å². The zero-order valence-electron chi connectivity index (χ0n) is 13.8. The van der Waals surface area contributed by atoms with Gasteiger partial charge >= 0.3 is 0 Å². The minimum absolute atomic E-state index is 0.000430. The van der Waals surface area contributed by atoms with E-state index in [0.717, 1.165) is 27.7 Å². The van der Waals surface area contributed by atoms with E-state index < -0.39 is 0 Å². The molecule has 0 amide bonds. The number of fused-ring (bicyclic) bond motifs is 3. The van der Waals surface area contributed by atoms with Gasteiger partial charge in [-0.1, -0.05) is 18.2 Å². The quantitative estimate of drug-likeness (QED) is 0.539. The molecule has 1 aromatic heterocycles. The summed E-state index contributed by atoms with van der Waals surface area (Å²) >= 11 is 1.46. The topological polar surface area (TPSA) is 45.2 Å². The lowest BCUT2D eigenvalue weighted by Crippen LogP contribution is -2.26. The van der Waals surface area contributed by atoms with Crippen molar-refractivity contribution in [3.63, 3.8) is 0 Å². The van der Waals surface area contributed by atoms with Gasteiger partial charge in [0.25, 0.3) is 0 Å². The highest BCUT2D eigenvalue weighted by atomic mass is 32.2. The molecule has 0 spiro atoms. The Hall–Kier alpha value is -2.44. The molecule has 2 heterocycles. The largest absolute Gasteiger partial charge is 0.314 e. The Morgan fingerprint density at radius 2 is 2.04 bits per heavy atom. The first-order chi connectivity index (χ1) is 12.1.